The Morgan fingerprint density at radius 2 is 1.34 bits per heavy atom. The molecule has 0 spiro atoms. The van der Waals surface area contributed by atoms with E-state index in [1.807, 2.05) is 4.90 Å². The van der Waals surface area contributed by atoms with Gasteiger partial charge in [-0.15, -0.1) is 13.2 Å². The molecule has 0 saturated carbocycles. The van der Waals surface area contributed by atoms with E-state index in [1.54, 1.807) is 12.1 Å². The molecule has 0 bridgehead atoms. The predicted octanol–water partition coefficient (Wildman–Crippen LogP) is 4.23. The first-order valence-corrected chi connectivity index (χ1v) is 9.58. The summed E-state index contributed by atoms with van der Waals surface area (Å²) in [7, 11) is 0. The Bertz CT molecular complexity index is 1040. The van der Waals surface area contributed by atoms with Gasteiger partial charge in [-0.25, -0.2) is 4.39 Å². The first-order chi connectivity index (χ1) is 15.3. The molecular weight excluding hydrogens is 432 g/mol. The topological polar surface area (TPSA) is 84.4 Å². The average molecular weight is 450 g/mol. The van der Waals surface area contributed by atoms with E-state index in [4.69, 9.17) is 4.74 Å². The lowest BCUT2D eigenvalue weighted by Gasteiger charge is -2.27. The molecule has 1 saturated heterocycles. The van der Waals surface area contributed by atoms with E-state index in [1.165, 1.54) is 36.4 Å². The molecule has 0 amide bonds. The van der Waals surface area contributed by atoms with Crippen LogP contribution in [0.3, 0.4) is 0 Å². The van der Waals surface area contributed by atoms with Gasteiger partial charge in [0.25, 0.3) is 0 Å². The largest absolute Gasteiger partial charge is 0.573 e. The second-order valence-corrected chi connectivity index (χ2v) is 6.71. The van der Waals surface area contributed by atoms with Crippen molar-refractivity contribution in [1.29, 1.82) is 0 Å². The minimum absolute atomic E-state index is 0.176. The van der Waals surface area contributed by atoms with Crippen molar-refractivity contribution in [1.82, 2.24) is 15.0 Å². The lowest BCUT2D eigenvalue weighted by molar-refractivity contribution is -0.274. The minimum atomic E-state index is -4.77. The van der Waals surface area contributed by atoms with Gasteiger partial charge < -0.3 is 25.0 Å². The van der Waals surface area contributed by atoms with Gasteiger partial charge in [0.15, 0.2) is 0 Å². The normalized spacial score (nSPS) is 14.2. The van der Waals surface area contributed by atoms with E-state index in [0.717, 1.165) is 0 Å². The highest BCUT2D eigenvalue weighted by molar-refractivity contribution is 5.60. The van der Waals surface area contributed by atoms with Crippen LogP contribution in [-0.2, 0) is 4.74 Å². The summed E-state index contributed by atoms with van der Waals surface area (Å²) in [6.45, 7) is 2.22. The number of ether oxygens (including phenoxy) is 2. The number of halogens is 4. The molecule has 4 rings (SSSR count). The molecule has 2 heterocycles. The number of benzene rings is 2. The number of hydrogen-bond acceptors (Lipinski definition) is 8. The molecular formula is C20H18F4N6O2. The third-order valence-electron chi connectivity index (χ3n) is 4.36. The monoisotopic (exact) mass is 450 g/mol. The number of anilines is 5. The van der Waals surface area contributed by atoms with Crippen molar-refractivity contribution in [2.24, 2.45) is 0 Å². The molecule has 0 radical (unpaired) electrons. The summed E-state index contributed by atoms with van der Waals surface area (Å²) in [6, 6.07) is 10.9. The van der Waals surface area contributed by atoms with Gasteiger partial charge in [-0.1, -0.05) is 0 Å². The summed E-state index contributed by atoms with van der Waals surface area (Å²) in [5.41, 5.74) is 1.02. The molecule has 1 fully saturated rings. The number of nitrogens with zero attached hydrogens (tertiary/aromatic N) is 4. The molecule has 0 aliphatic carbocycles. The summed E-state index contributed by atoms with van der Waals surface area (Å²) >= 11 is 0. The highest BCUT2D eigenvalue weighted by atomic mass is 19.4. The average Bonchev–Trinajstić information content (AvgIpc) is 2.76. The van der Waals surface area contributed by atoms with Crippen molar-refractivity contribution in [3.63, 3.8) is 0 Å². The fraction of sp³-hybridized carbons (Fsp3) is 0.250. The van der Waals surface area contributed by atoms with Crippen LogP contribution in [0.1, 0.15) is 0 Å². The Kier molecular flexibility index (Phi) is 6.21. The highest BCUT2D eigenvalue weighted by Crippen LogP contribution is 2.26. The van der Waals surface area contributed by atoms with Gasteiger partial charge in [0.05, 0.1) is 13.2 Å². The lowest BCUT2D eigenvalue weighted by atomic mass is 10.3. The van der Waals surface area contributed by atoms with Gasteiger partial charge in [-0.05, 0) is 48.5 Å². The summed E-state index contributed by atoms with van der Waals surface area (Å²) in [5, 5.41) is 5.95. The Balaban J connectivity index is 1.57. The Labute approximate surface area is 180 Å². The van der Waals surface area contributed by atoms with E-state index in [9.17, 15) is 17.6 Å². The Morgan fingerprint density at radius 1 is 0.812 bits per heavy atom. The summed E-state index contributed by atoms with van der Waals surface area (Å²) in [5.74, 6) is 0.0718. The molecule has 168 valence electrons. The first-order valence-electron chi connectivity index (χ1n) is 9.58. The van der Waals surface area contributed by atoms with Crippen LogP contribution in [-0.4, -0.2) is 47.6 Å². The van der Waals surface area contributed by atoms with Crippen LogP contribution in [0.4, 0.5) is 46.8 Å². The maximum atomic E-state index is 13.2. The summed E-state index contributed by atoms with van der Waals surface area (Å²) in [6.07, 6.45) is -4.77. The predicted molar refractivity (Wildman–Crippen MR) is 109 cm³/mol. The van der Waals surface area contributed by atoms with Gasteiger partial charge >= 0.3 is 6.36 Å². The molecule has 12 heteroatoms. The fourth-order valence-corrected chi connectivity index (χ4v) is 2.91. The van der Waals surface area contributed by atoms with Crippen LogP contribution in [0.2, 0.25) is 0 Å². The smallest absolute Gasteiger partial charge is 0.406 e. The number of morpholine rings is 1. The fourth-order valence-electron chi connectivity index (χ4n) is 2.91. The van der Waals surface area contributed by atoms with Crippen LogP contribution in [0, 0.1) is 5.82 Å². The van der Waals surface area contributed by atoms with Crippen LogP contribution in [0.25, 0.3) is 0 Å². The van der Waals surface area contributed by atoms with Gasteiger partial charge in [0.1, 0.15) is 11.6 Å². The van der Waals surface area contributed by atoms with Crippen molar-refractivity contribution in [3.8, 4) is 5.75 Å². The number of nitrogens with one attached hydrogen (secondary N) is 2. The molecule has 0 unspecified atom stereocenters. The minimum Gasteiger partial charge on any atom is -0.406 e. The van der Waals surface area contributed by atoms with Crippen molar-refractivity contribution < 1.29 is 27.0 Å². The SMILES string of the molecule is Fc1ccc(Nc2nc(Nc3ccc(OC(F)(F)F)cc3)nc(N3CCOCC3)n2)cc1. The van der Waals surface area contributed by atoms with E-state index in [-0.39, 0.29) is 23.5 Å². The van der Waals surface area contributed by atoms with Crippen molar-refractivity contribution in [2.75, 3.05) is 41.8 Å². The molecule has 1 aliphatic heterocycles. The maximum Gasteiger partial charge on any atom is 0.573 e. The van der Waals surface area contributed by atoms with Crippen LogP contribution >= 0.6 is 0 Å². The van der Waals surface area contributed by atoms with E-state index in [2.05, 4.69) is 30.3 Å². The molecule has 2 aromatic carbocycles. The number of alkyl halides is 3. The quantitative estimate of drug-likeness (QED) is 0.540. The second kappa shape index (κ2) is 9.22. The van der Waals surface area contributed by atoms with Gasteiger partial charge in [0, 0.05) is 24.5 Å². The van der Waals surface area contributed by atoms with Crippen molar-refractivity contribution in [2.45, 2.75) is 6.36 Å². The molecule has 3 aromatic rings. The van der Waals surface area contributed by atoms with Crippen LogP contribution in [0.15, 0.2) is 48.5 Å². The first kappa shape index (κ1) is 21.6. The van der Waals surface area contributed by atoms with E-state index >= 15 is 0 Å². The van der Waals surface area contributed by atoms with Crippen molar-refractivity contribution in [3.05, 3.63) is 54.3 Å². The molecule has 1 aliphatic rings. The zero-order valence-electron chi connectivity index (χ0n) is 16.6. The highest BCUT2D eigenvalue weighted by Gasteiger charge is 2.31. The van der Waals surface area contributed by atoms with Gasteiger partial charge in [0.2, 0.25) is 17.8 Å². The molecule has 8 nitrogen and oxygen atoms in total. The van der Waals surface area contributed by atoms with E-state index < -0.39 is 6.36 Å². The Hall–Kier alpha value is -3.67. The summed E-state index contributed by atoms with van der Waals surface area (Å²) < 4.78 is 59.5. The standard InChI is InChI=1S/C20H18F4N6O2/c21-13-1-3-14(4-2-13)25-17-27-18(29-19(28-17)30-9-11-31-12-10-30)26-15-5-7-16(8-6-15)32-20(22,23)24/h1-8H,9-12H2,(H2,25,26,27,28,29). The third-order valence-corrected chi connectivity index (χ3v) is 4.36. The number of rotatable bonds is 6. The molecule has 2 N–H and O–H groups in total. The maximum absolute atomic E-state index is 13.2. The zero-order valence-corrected chi connectivity index (χ0v) is 16.6. The Morgan fingerprint density at radius 3 is 1.88 bits per heavy atom. The molecule has 32 heavy (non-hydrogen) atoms. The van der Waals surface area contributed by atoms with Gasteiger partial charge in [-0.2, -0.15) is 15.0 Å². The second-order valence-electron chi connectivity index (χ2n) is 6.71. The number of aromatic nitrogens is 3. The van der Waals surface area contributed by atoms with Crippen LogP contribution < -0.4 is 20.3 Å². The third kappa shape index (κ3) is 5.94. The molecule has 1 aromatic heterocycles. The summed E-state index contributed by atoms with van der Waals surface area (Å²) in [4.78, 5) is 15.1. The van der Waals surface area contributed by atoms with Crippen LogP contribution in [0.5, 0.6) is 5.75 Å². The van der Waals surface area contributed by atoms with Gasteiger partial charge in [-0.3, -0.25) is 0 Å². The molecule has 0 atom stereocenters. The van der Waals surface area contributed by atoms with E-state index in [0.29, 0.717) is 43.6 Å². The number of hydrogen-bond donors (Lipinski definition) is 2. The lowest BCUT2D eigenvalue weighted by Crippen LogP contribution is -2.37. The zero-order chi connectivity index (χ0) is 22.6. The van der Waals surface area contributed by atoms with Crippen molar-refractivity contribution >= 4 is 29.2 Å².